The predicted molar refractivity (Wildman–Crippen MR) is 109 cm³/mol. The van der Waals surface area contributed by atoms with E-state index in [9.17, 15) is 14.9 Å². The van der Waals surface area contributed by atoms with Crippen molar-refractivity contribution in [3.63, 3.8) is 0 Å². The molecule has 3 rings (SSSR count). The van der Waals surface area contributed by atoms with Crippen LogP contribution in [0.3, 0.4) is 0 Å². The second-order valence-corrected chi connectivity index (χ2v) is 7.32. The first kappa shape index (κ1) is 20.4. The molecule has 0 radical (unpaired) electrons. The Morgan fingerprint density at radius 2 is 1.90 bits per heavy atom. The number of nitrogens with one attached hydrogen (secondary N) is 1. The third kappa shape index (κ3) is 3.81. The minimum Gasteiger partial charge on any atom is -0.496 e. The van der Waals surface area contributed by atoms with Gasteiger partial charge in [0.15, 0.2) is 0 Å². The van der Waals surface area contributed by atoms with Gasteiger partial charge in [0, 0.05) is 25.5 Å². The molecular formula is C23H25N3O3. The van der Waals surface area contributed by atoms with Gasteiger partial charge in [0.25, 0.3) is 0 Å². The molecule has 29 heavy (non-hydrogen) atoms. The molecule has 0 aromatic heterocycles. The molecule has 0 spiro atoms. The fourth-order valence-corrected chi connectivity index (χ4v) is 3.95. The third-order valence-electron chi connectivity index (χ3n) is 5.69. The average Bonchev–Trinajstić information content (AvgIpc) is 2.75. The molecule has 1 N–H and O–H groups in total. The van der Waals surface area contributed by atoms with E-state index in [2.05, 4.69) is 11.4 Å². The van der Waals surface area contributed by atoms with Crippen molar-refractivity contribution >= 4 is 11.8 Å². The fourth-order valence-electron chi connectivity index (χ4n) is 3.95. The van der Waals surface area contributed by atoms with Gasteiger partial charge in [-0.15, -0.1) is 0 Å². The molecular weight excluding hydrogens is 366 g/mol. The molecule has 1 aliphatic rings. The van der Waals surface area contributed by atoms with Crippen LogP contribution < -0.4 is 10.1 Å². The Kier molecular flexibility index (Phi) is 5.88. The molecule has 2 aromatic rings. The van der Waals surface area contributed by atoms with E-state index in [0.717, 1.165) is 5.56 Å². The first-order valence-electron chi connectivity index (χ1n) is 9.65. The minimum absolute atomic E-state index is 0.123. The van der Waals surface area contributed by atoms with Crippen molar-refractivity contribution in [2.45, 2.75) is 37.8 Å². The van der Waals surface area contributed by atoms with Crippen LogP contribution in [0.1, 0.15) is 30.0 Å². The predicted octanol–water partition coefficient (Wildman–Crippen LogP) is 2.46. The minimum atomic E-state index is -0.970. The maximum atomic E-state index is 13.4. The lowest BCUT2D eigenvalue weighted by atomic mass is 9.83. The quantitative estimate of drug-likeness (QED) is 0.820. The highest BCUT2D eigenvalue weighted by Gasteiger charge is 2.48. The largest absolute Gasteiger partial charge is 0.496 e. The van der Waals surface area contributed by atoms with E-state index in [0.29, 0.717) is 29.7 Å². The van der Waals surface area contributed by atoms with E-state index in [1.165, 1.54) is 12.0 Å². The fraction of sp³-hybridized carbons (Fsp3) is 0.348. The summed E-state index contributed by atoms with van der Waals surface area (Å²) in [4.78, 5) is 28.0. The number of likely N-dealkylation sites (N-methyl/N-ethyl adjacent to an activating group) is 1. The second-order valence-electron chi connectivity index (χ2n) is 7.32. The lowest BCUT2D eigenvalue weighted by Gasteiger charge is -2.44. The van der Waals surface area contributed by atoms with Crippen molar-refractivity contribution in [1.82, 2.24) is 10.2 Å². The maximum Gasteiger partial charge on any atom is 0.249 e. The van der Waals surface area contributed by atoms with Gasteiger partial charge in [-0.25, -0.2) is 0 Å². The van der Waals surface area contributed by atoms with E-state index in [-0.39, 0.29) is 18.2 Å². The van der Waals surface area contributed by atoms with Crippen LogP contribution in [-0.4, -0.2) is 42.5 Å². The van der Waals surface area contributed by atoms with Gasteiger partial charge in [-0.3, -0.25) is 9.59 Å². The zero-order chi connectivity index (χ0) is 21.0. The summed E-state index contributed by atoms with van der Waals surface area (Å²) < 4.78 is 5.38. The Bertz CT molecular complexity index is 952. The molecule has 1 saturated heterocycles. The topological polar surface area (TPSA) is 82.4 Å². The summed E-state index contributed by atoms with van der Waals surface area (Å²) in [6.07, 6.45) is 1.14. The number of benzene rings is 2. The number of methoxy groups -OCH3 is 1. The van der Waals surface area contributed by atoms with Crippen LogP contribution in [0.25, 0.3) is 0 Å². The smallest absolute Gasteiger partial charge is 0.249 e. The molecule has 2 atom stereocenters. The van der Waals surface area contributed by atoms with Crippen LogP contribution in [0.4, 0.5) is 0 Å². The lowest BCUT2D eigenvalue weighted by molar-refractivity contribution is -0.153. The van der Waals surface area contributed by atoms with Crippen molar-refractivity contribution in [3.8, 4) is 11.8 Å². The average molecular weight is 391 g/mol. The summed E-state index contributed by atoms with van der Waals surface area (Å²) in [5.41, 5.74) is 1.09. The zero-order valence-corrected chi connectivity index (χ0v) is 16.9. The maximum absolute atomic E-state index is 13.4. The Morgan fingerprint density at radius 1 is 1.17 bits per heavy atom. The number of hydrogen-bond acceptors (Lipinski definition) is 4. The number of carbonyl (C=O) groups excluding carboxylic acids is 2. The van der Waals surface area contributed by atoms with Crippen LogP contribution in [0, 0.1) is 11.3 Å². The van der Waals surface area contributed by atoms with E-state index in [1.54, 1.807) is 25.2 Å². The van der Waals surface area contributed by atoms with Crippen LogP contribution in [0.5, 0.6) is 5.75 Å². The van der Waals surface area contributed by atoms with Crippen molar-refractivity contribution in [2.75, 3.05) is 14.2 Å². The third-order valence-corrected chi connectivity index (χ3v) is 5.69. The molecule has 1 aliphatic heterocycles. The molecule has 0 aliphatic carbocycles. The number of rotatable bonds is 6. The van der Waals surface area contributed by atoms with Gasteiger partial charge < -0.3 is 15.0 Å². The molecule has 6 heteroatoms. The Labute approximate surface area is 171 Å². The van der Waals surface area contributed by atoms with E-state index < -0.39 is 11.6 Å². The molecule has 2 amide bonds. The van der Waals surface area contributed by atoms with Gasteiger partial charge in [0.2, 0.25) is 11.8 Å². The van der Waals surface area contributed by atoms with Gasteiger partial charge >= 0.3 is 0 Å². The Hall–Kier alpha value is -3.33. The summed E-state index contributed by atoms with van der Waals surface area (Å²) in [5.74, 6) is 0.191. The highest BCUT2D eigenvalue weighted by molar-refractivity contribution is 6.00. The van der Waals surface area contributed by atoms with Gasteiger partial charge in [-0.05, 0) is 24.1 Å². The number of hydrogen-bond donors (Lipinski definition) is 1. The van der Waals surface area contributed by atoms with E-state index in [4.69, 9.17) is 4.74 Å². The Morgan fingerprint density at radius 3 is 2.52 bits per heavy atom. The SMILES string of the molecule is CCC1(Cc2ccccc2)NC(=O)C(Cc2c(C#N)cccc2OC)N(C)C1=O. The molecule has 1 heterocycles. The summed E-state index contributed by atoms with van der Waals surface area (Å²) in [6, 6.07) is 16.3. The molecule has 0 saturated carbocycles. The molecule has 150 valence electrons. The highest BCUT2D eigenvalue weighted by atomic mass is 16.5. The molecule has 1 fully saturated rings. The normalized spacial score (nSPS) is 21.4. The number of amides is 2. The summed E-state index contributed by atoms with van der Waals surface area (Å²) >= 11 is 0. The number of ether oxygens (including phenoxy) is 1. The van der Waals surface area contributed by atoms with Crippen LogP contribution in [-0.2, 0) is 22.4 Å². The number of nitrogens with zero attached hydrogens (tertiary/aromatic N) is 2. The number of nitriles is 1. The highest BCUT2D eigenvalue weighted by Crippen LogP contribution is 2.29. The van der Waals surface area contributed by atoms with Crippen LogP contribution >= 0.6 is 0 Å². The van der Waals surface area contributed by atoms with Gasteiger partial charge in [-0.2, -0.15) is 5.26 Å². The van der Waals surface area contributed by atoms with Gasteiger partial charge in [0.05, 0.1) is 18.7 Å². The molecule has 2 unspecified atom stereocenters. The van der Waals surface area contributed by atoms with E-state index in [1.807, 2.05) is 37.3 Å². The zero-order valence-electron chi connectivity index (χ0n) is 16.9. The van der Waals surface area contributed by atoms with Crippen LogP contribution in [0.15, 0.2) is 48.5 Å². The van der Waals surface area contributed by atoms with Gasteiger partial charge in [-0.1, -0.05) is 43.3 Å². The first-order chi connectivity index (χ1) is 14.0. The van der Waals surface area contributed by atoms with Crippen molar-refractivity contribution in [2.24, 2.45) is 0 Å². The van der Waals surface area contributed by atoms with Gasteiger partial charge in [0.1, 0.15) is 17.3 Å². The van der Waals surface area contributed by atoms with Crippen molar-refractivity contribution < 1.29 is 14.3 Å². The van der Waals surface area contributed by atoms with Crippen molar-refractivity contribution in [3.05, 3.63) is 65.2 Å². The number of carbonyl (C=O) groups is 2. The summed E-state index contributed by atoms with van der Waals surface area (Å²) in [6.45, 7) is 1.91. The first-order valence-corrected chi connectivity index (χ1v) is 9.65. The molecule has 2 aromatic carbocycles. The van der Waals surface area contributed by atoms with Crippen molar-refractivity contribution in [1.29, 1.82) is 5.26 Å². The summed E-state index contributed by atoms with van der Waals surface area (Å²) in [5, 5.41) is 12.4. The standard InChI is InChI=1S/C23H25N3O3/c1-4-23(14-16-9-6-5-7-10-16)22(28)26(2)19(21(27)25-23)13-18-17(15-24)11-8-12-20(18)29-3/h5-12,19H,4,13-14H2,1-3H3,(H,25,27). The number of piperazine rings is 1. The lowest BCUT2D eigenvalue weighted by Crippen LogP contribution is -2.70. The molecule has 0 bridgehead atoms. The summed E-state index contributed by atoms with van der Waals surface area (Å²) in [7, 11) is 3.18. The van der Waals surface area contributed by atoms with Crippen LogP contribution in [0.2, 0.25) is 0 Å². The van der Waals surface area contributed by atoms with E-state index >= 15 is 0 Å². The molecule has 6 nitrogen and oxygen atoms in total. The monoisotopic (exact) mass is 391 g/mol. The second kappa shape index (κ2) is 8.36. The Balaban J connectivity index is 1.90.